The van der Waals surface area contributed by atoms with Gasteiger partial charge in [0.25, 0.3) is 0 Å². The van der Waals surface area contributed by atoms with Gasteiger partial charge in [0.15, 0.2) is 0 Å². The Balaban J connectivity index is 1.93. The molecular formula is C16H17N3O. The third-order valence-corrected chi connectivity index (χ3v) is 3.32. The summed E-state index contributed by atoms with van der Waals surface area (Å²) in [5, 5.41) is 8.33. The molecule has 3 rings (SSSR count). The zero-order chi connectivity index (χ0) is 13.8. The predicted octanol–water partition coefficient (Wildman–Crippen LogP) is 3.08. The molecule has 1 aromatic carbocycles. The minimum absolute atomic E-state index is 0.381. The highest BCUT2D eigenvalue weighted by atomic mass is 16.5. The fraction of sp³-hybridized carbons (Fsp3) is 0.375. The molecule has 20 heavy (non-hydrogen) atoms. The molecule has 1 heterocycles. The van der Waals surface area contributed by atoms with Crippen LogP contribution in [0.1, 0.15) is 32.4 Å². The lowest BCUT2D eigenvalue weighted by atomic mass is 10.2. The molecule has 4 heteroatoms. The van der Waals surface area contributed by atoms with Crippen molar-refractivity contribution in [3.63, 3.8) is 0 Å². The summed E-state index contributed by atoms with van der Waals surface area (Å²) in [6.07, 6.45) is 5.23. The topological polar surface area (TPSA) is 39.9 Å². The molecule has 2 aromatic rings. The fourth-order valence-corrected chi connectivity index (χ4v) is 2.33. The van der Waals surface area contributed by atoms with Crippen LogP contribution in [0.25, 0.3) is 11.0 Å². The van der Waals surface area contributed by atoms with E-state index >= 15 is 0 Å². The van der Waals surface area contributed by atoms with E-state index in [4.69, 9.17) is 4.74 Å². The largest absolute Gasteiger partial charge is 0.346 e. The van der Waals surface area contributed by atoms with Crippen molar-refractivity contribution in [3.05, 3.63) is 35.9 Å². The number of fused-ring (bicyclic) bond motifs is 1. The zero-order valence-corrected chi connectivity index (χ0v) is 11.5. The second-order valence-electron chi connectivity index (χ2n) is 4.72. The summed E-state index contributed by atoms with van der Waals surface area (Å²) in [4.78, 5) is 0. The average Bonchev–Trinajstić information content (AvgIpc) is 3.13. The number of allylic oxidation sites excluding steroid dienone is 2. The number of aromatic nitrogens is 3. The van der Waals surface area contributed by atoms with Gasteiger partial charge in [-0.1, -0.05) is 29.3 Å². The maximum atomic E-state index is 5.71. The summed E-state index contributed by atoms with van der Waals surface area (Å²) >= 11 is 0. The zero-order valence-electron chi connectivity index (χ0n) is 11.5. The van der Waals surface area contributed by atoms with Crippen molar-refractivity contribution in [1.82, 2.24) is 15.0 Å². The third kappa shape index (κ3) is 2.59. The summed E-state index contributed by atoms with van der Waals surface area (Å²) in [5.41, 5.74) is 3.01. The molecule has 0 saturated heterocycles. The van der Waals surface area contributed by atoms with Crippen LogP contribution in [0.15, 0.2) is 35.9 Å². The van der Waals surface area contributed by atoms with E-state index in [2.05, 4.69) is 28.2 Å². The Morgan fingerprint density at radius 2 is 2.30 bits per heavy atom. The monoisotopic (exact) mass is 267 g/mol. The Labute approximate surface area is 118 Å². The molecular weight excluding hydrogens is 250 g/mol. The van der Waals surface area contributed by atoms with E-state index in [1.54, 1.807) is 4.68 Å². The van der Waals surface area contributed by atoms with Gasteiger partial charge in [0.1, 0.15) is 5.52 Å². The number of nitrogens with zero attached hydrogens (tertiary/aromatic N) is 3. The van der Waals surface area contributed by atoms with E-state index < -0.39 is 0 Å². The molecule has 0 spiro atoms. The average molecular weight is 267 g/mol. The van der Waals surface area contributed by atoms with Crippen molar-refractivity contribution in [3.8, 4) is 11.8 Å². The molecule has 0 aliphatic heterocycles. The van der Waals surface area contributed by atoms with E-state index in [1.807, 2.05) is 31.2 Å². The summed E-state index contributed by atoms with van der Waals surface area (Å²) in [5.74, 6) is 6.39. The van der Waals surface area contributed by atoms with Crippen LogP contribution < -0.4 is 0 Å². The molecule has 1 aromatic heterocycles. The summed E-state index contributed by atoms with van der Waals surface area (Å²) in [6, 6.07) is 7.84. The second kappa shape index (κ2) is 5.89. The van der Waals surface area contributed by atoms with E-state index in [1.165, 1.54) is 12.0 Å². The maximum Gasteiger partial charge on any atom is 0.215 e. The second-order valence-corrected chi connectivity index (χ2v) is 4.72. The molecule has 0 fully saturated rings. The van der Waals surface area contributed by atoms with Crippen molar-refractivity contribution >= 4 is 11.0 Å². The van der Waals surface area contributed by atoms with Crippen LogP contribution >= 0.6 is 0 Å². The van der Waals surface area contributed by atoms with Crippen LogP contribution in [0.3, 0.4) is 0 Å². The quantitative estimate of drug-likeness (QED) is 0.802. The molecule has 0 bridgehead atoms. The van der Waals surface area contributed by atoms with Crippen LogP contribution in [0.5, 0.6) is 0 Å². The van der Waals surface area contributed by atoms with Crippen molar-refractivity contribution < 1.29 is 4.74 Å². The molecule has 1 unspecified atom stereocenters. The number of benzene rings is 1. The van der Waals surface area contributed by atoms with E-state index in [9.17, 15) is 0 Å². The van der Waals surface area contributed by atoms with Gasteiger partial charge in [-0.05, 0) is 49.8 Å². The Hall–Kier alpha value is -2.12. The lowest BCUT2D eigenvalue weighted by molar-refractivity contribution is 0.0471. The van der Waals surface area contributed by atoms with Crippen molar-refractivity contribution in [2.45, 2.75) is 32.4 Å². The van der Waals surface area contributed by atoms with Crippen molar-refractivity contribution in [1.29, 1.82) is 0 Å². The van der Waals surface area contributed by atoms with Gasteiger partial charge < -0.3 is 4.74 Å². The number of ether oxygens (including phenoxy) is 1. The Morgan fingerprint density at radius 1 is 1.40 bits per heavy atom. The molecule has 1 aliphatic carbocycles. The number of rotatable bonds is 3. The first-order chi connectivity index (χ1) is 9.88. The minimum Gasteiger partial charge on any atom is -0.346 e. The van der Waals surface area contributed by atoms with Crippen LogP contribution in [-0.2, 0) is 4.74 Å². The van der Waals surface area contributed by atoms with Gasteiger partial charge in [0.05, 0.1) is 5.52 Å². The van der Waals surface area contributed by atoms with Crippen LogP contribution in [0.2, 0.25) is 0 Å². The minimum atomic E-state index is -0.381. The lowest BCUT2D eigenvalue weighted by Crippen LogP contribution is -2.12. The molecule has 0 saturated carbocycles. The smallest absolute Gasteiger partial charge is 0.215 e. The maximum absolute atomic E-state index is 5.71. The molecule has 1 aliphatic rings. The van der Waals surface area contributed by atoms with Gasteiger partial charge in [-0.3, -0.25) is 0 Å². The van der Waals surface area contributed by atoms with Gasteiger partial charge >= 0.3 is 0 Å². The molecule has 4 nitrogen and oxygen atoms in total. The van der Waals surface area contributed by atoms with Gasteiger partial charge in [0, 0.05) is 6.61 Å². The highest BCUT2D eigenvalue weighted by molar-refractivity contribution is 5.74. The third-order valence-electron chi connectivity index (χ3n) is 3.32. The number of hydrogen-bond donors (Lipinski definition) is 0. The fourth-order valence-electron chi connectivity index (χ4n) is 2.33. The molecule has 0 amide bonds. The van der Waals surface area contributed by atoms with Gasteiger partial charge in [-0.25, -0.2) is 4.68 Å². The van der Waals surface area contributed by atoms with Crippen molar-refractivity contribution in [2.24, 2.45) is 0 Å². The van der Waals surface area contributed by atoms with Crippen LogP contribution in [0, 0.1) is 11.8 Å². The molecule has 1 atom stereocenters. The van der Waals surface area contributed by atoms with E-state index in [0.717, 1.165) is 23.9 Å². The Bertz CT molecular complexity index is 690. The Morgan fingerprint density at radius 3 is 3.10 bits per heavy atom. The standard InChI is InChI=1S/C16H17N3O/c1-2-20-16(12-11-13-7-3-4-8-13)19-15-10-6-5-9-14(15)17-18-19/h5-7,9-10,16H,2-4,8H2,1H3. The van der Waals surface area contributed by atoms with E-state index in [-0.39, 0.29) is 6.23 Å². The summed E-state index contributed by atoms with van der Waals surface area (Å²) in [6.45, 7) is 2.55. The van der Waals surface area contributed by atoms with Crippen molar-refractivity contribution in [2.75, 3.05) is 6.61 Å². The lowest BCUT2D eigenvalue weighted by Gasteiger charge is -2.11. The first kappa shape index (κ1) is 12.9. The normalized spacial score (nSPS) is 15.8. The van der Waals surface area contributed by atoms with Gasteiger partial charge in [-0.2, -0.15) is 0 Å². The van der Waals surface area contributed by atoms with E-state index in [0.29, 0.717) is 6.61 Å². The van der Waals surface area contributed by atoms with Crippen LogP contribution in [-0.4, -0.2) is 21.6 Å². The number of hydrogen-bond acceptors (Lipinski definition) is 3. The first-order valence-electron chi connectivity index (χ1n) is 7.00. The van der Waals surface area contributed by atoms with Gasteiger partial charge in [0.2, 0.25) is 6.23 Å². The SMILES string of the molecule is CCOC(C#CC1=CCCC1)n1nnc2ccccc21. The Kier molecular flexibility index (Phi) is 3.80. The predicted molar refractivity (Wildman–Crippen MR) is 77.9 cm³/mol. The summed E-state index contributed by atoms with van der Waals surface area (Å²) < 4.78 is 7.47. The summed E-state index contributed by atoms with van der Waals surface area (Å²) in [7, 11) is 0. The van der Waals surface area contributed by atoms with Gasteiger partial charge in [-0.15, -0.1) is 5.10 Å². The molecule has 102 valence electrons. The van der Waals surface area contributed by atoms with Crippen LogP contribution in [0.4, 0.5) is 0 Å². The molecule has 0 N–H and O–H groups in total. The first-order valence-corrected chi connectivity index (χ1v) is 7.00. The molecule has 0 radical (unpaired) electrons. The highest BCUT2D eigenvalue weighted by Crippen LogP contribution is 2.19. The number of para-hydroxylation sites is 1. The highest BCUT2D eigenvalue weighted by Gasteiger charge is 2.13.